The van der Waals surface area contributed by atoms with E-state index in [-0.39, 0.29) is 0 Å². The topological polar surface area (TPSA) is 100 Å². The highest BCUT2D eigenvalue weighted by atomic mass is 35.5. The summed E-state index contributed by atoms with van der Waals surface area (Å²) in [6, 6.07) is 0. The maximum Gasteiger partial charge on any atom is 0.165 e. The average molecular weight is 387 g/mol. The molecule has 0 radical (unpaired) electrons. The molecule has 3 heterocycles. The first-order chi connectivity index (χ1) is 13.2. The maximum absolute atomic E-state index is 7.62. The molecule has 1 aliphatic carbocycles. The lowest BCUT2D eigenvalue weighted by Gasteiger charge is -2.29. The summed E-state index contributed by atoms with van der Waals surface area (Å²) < 4.78 is 5.47. The van der Waals surface area contributed by atoms with E-state index in [1.54, 1.807) is 0 Å². The van der Waals surface area contributed by atoms with Crippen molar-refractivity contribution in [2.24, 2.45) is 16.6 Å². The first-order valence-corrected chi connectivity index (χ1v) is 9.65. The molecule has 1 saturated heterocycles. The molecule has 0 unspecified atom stereocenters. The zero-order valence-corrected chi connectivity index (χ0v) is 15.9. The lowest BCUT2D eigenvalue weighted by Crippen LogP contribution is -2.37. The quantitative estimate of drug-likeness (QED) is 0.757. The normalized spacial score (nSPS) is 20.5. The first kappa shape index (κ1) is 18.1. The van der Waals surface area contributed by atoms with E-state index < -0.39 is 0 Å². The zero-order valence-electron chi connectivity index (χ0n) is 15.1. The number of allylic oxidation sites excluding steroid dienone is 2. The van der Waals surface area contributed by atoms with Gasteiger partial charge in [0.2, 0.25) is 0 Å². The number of aliphatic imine (C=N–C) groups is 1. The van der Waals surface area contributed by atoms with Gasteiger partial charge in [0.05, 0.1) is 24.5 Å². The molecule has 0 atom stereocenters. The summed E-state index contributed by atoms with van der Waals surface area (Å²) in [4.78, 5) is 16.2. The lowest BCUT2D eigenvalue weighted by molar-refractivity contribution is 0.122. The van der Waals surface area contributed by atoms with E-state index in [4.69, 9.17) is 32.5 Å². The van der Waals surface area contributed by atoms with Gasteiger partial charge in [0.1, 0.15) is 10.9 Å². The van der Waals surface area contributed by atoms with E-state index in [9.17, 15) is 0 Å². The molecule has 1 saturated carbocycles. The van der Waals surface area contributed by atoms with Crippen molar-refractivity contribution >= 4 is 46.1 Å². The van der Waals surface area contributed by atoms with Crippen LogP contribution in [0.5, 0.6) is 0 Å². The minimum absolute atomic E-state index is 0.433. The largest absolute Gasteiger partial charge is 0.404 e. The molecule has 1 aromatic heterocycles. The van der Waals surface area contributed by atoms with Crippen molar-refractivity contribution in [2.75, 3.05) is 31.2 Å². The number of ether oxygens (including phenoxy) is 1. The highest BCUT2D eigenvalue weighted by Gasteiger charge is 2.27. The molecular formula is C19H23ClN6O. The molecule has 27 heavy (non-hydrogen) atoms. The number of anilines is 1. The number of fused-ring (bicyclic) bond motifs is 1. The molecule has 0 spiro atoms. The molecule has 0 amide bonds. The molecule has 0 bridgehead atoms. The minimum Gasteiger partial charge on any atom is -0.404 e. The van der Waals surface area contributed by atoms with Crippen LogP contribution in [0.25, 0.3) is 11.6 Å². The smallest absolute Gasteiger partial charge is 0.165 e. The summed E-state index contributed by atoms with van der Waals surface area (Å²) in [5.74, 6) is 1.91. The van der Waals surface area contributed by atoms with Crippen LogP contribution in [-0.2, 0) is 4.74 Å². The van der Waals surface area contributed by atoms with Gasteiger partial charge in [-0.25, -0.2) is 15.0 Å². The Kier molecular flexibility index (Phi) is 5.22. The van der Waals surface area contributed by atoms with Gasteiger partial charge in [-0.3, -0.25) is 0 Å². The molecule has 8 heteroatoms. The summed E-state index contributed by atoms with van der Waals surface area (Å²) in [6.45, 7) is 2.72. The number of hydrogen-bond donors (Lipinski definition) is 2. The Morgan fingerprint density at radius 3 is 2.78 bits per heavy atom. The standard InChI is InChI=1S/C19H23ClN6O/c20-16-9-13(7-12-1-2-12)8-15-17(24-16)19(26-3-5-27-6-4-26)25-18(23-15)14(10-21)11-22/h8,10-12,21H,1-7,9,22H2. The molecule has 142 valence electrons. The summed E-state index contributed by atoms with van der Waals surface area (Å²) in [7, 11) is 0. The third kappa shape index (κ3) is 4.04. The second kappa shape index (κ2) is 7.78. The molecule has 2 aliphatic heterocycles. The van der Waals surface area contributed by atoms with Gasteiger partial charge in [0.15, 0.2) is 11.6 Å². The van der Waals surface area contributed by atoms with Crippen LogP contribution in [0.2, 0.25) is 0 Å². The van der Waals surface area contributed by atoms with Crippen molar-refractivity contribution in [3.8, 4) is 0 Å². The molecule has 2 fully saturated rings. The third-order valence-corrected chi connectivity index (χ3v) is 5.21. The Labute approximate surface area is 163 Å². The van der Waals surface area contributed by atoms with Crippen LogP contribution in [0.1, 0.15) is 37.2 Å². The lowest BCUT2D eigenvalue weighted by atomic mass is 10.1. The number of hydrogen-bond acceptors (Lipinski definition) is 7. The number of nitrogens with zero attached hydrogens (tertiary/aromatic N) is 4. The van der Waals surface area contributed by atoms with Gasteiger partial charge in [-0.05, 0) is 31.3 Å². The van der Waals surface area contributed by atoms with E-state index >= 15 is 0 Å². The Morgan fingerprint density at radius 2 is 2.11 bits per heavy atom. The molecule has 0 aromatic carbocycles. The van der Waals surface area contributed by atoms with Crippen molar-refractivity contribution < 1.29 is 4.74 Å². The molecule has 4 rings (SSSR count). The predicted octanol–water partition coefficient (Wildman–Crippen LogP) is 3.12. The van der Waals surface area contributed by atoms with Gasteiger partial charge in [-0.1, -0.05) is 17.2 Å². The van der Waals surface area contributed by atoms with Crippen molar-refractivity contribution in [1.29, 1.82) is 5.41 Å². The first-order valence-electron chi connectivity index (χ1n) is 9.28. The zero-order chi connectivity index (χ0) is 18.8. The van der Waals surface area contributed by atoms with Crippen molar-refractivity contribution in [3.63, 3.8) is 0 Å². The Bertz CT molecular complexity index is 837. The highest BCUT2D eigenvalue weighted by molar-refractivity contribution is 6.66. The minimum atomic E-state index is 0.433. The summed E-state index contributed by atoms with van der Waals surface area (Å²) in [6.07, 6.45) is 8.87. The van der Waals surface area contributed by atoms with Gasteiger partial charge in [0.25, 0.3) is 0 Å². The van der Waals surface area contributed by atoms with Crippen LogP contribution >= 0.6 is 11.6 Å². The number of aromatic nitrogens is 2. The number of nitrogens with one attached hydrogen (secondary N) is 1. The van der Waals surface area contributed by atoms with Gasteiger partial charge in [0, 0.05) is 31.9 Å². The van der Waals surface area contributed by atoms with E-state index in [1.807, 2.05) is 0 Å². The molecular weight excluding hydrogens is 364 g/mol. The monoisotopic (exact) mass is 386 g/mol. The Hall–Kier alpha value is -2.25. The molecule has 1 aromatic rings. The van der Waals surface area contributed by atoms with E-state index in [0.29, 0.717) is 41.9 Å². The number of nitrogens with two attached hydrogens (primary N) is 1. The van der Waals surface area contributed by atoms with Crippen LogP contribution in [-0.4, -0.2) is 47.7 Å². The van der Waals surface area contributed by atoms with Crippen LogP contribution < -0.4 is 10.6 Å². The van der Waals surface area contributed by atoms with Gasteiger partial charge in [-0.2, -0.15) is 0 Å². The van der Waals surface area contributed by atoms with Crippen LogP contribution in [0.4, 0.5) is 11.5 Å². The van der Waals surface area contributed by atoms with Gasteiger partial charge < -0.3 is 20.8 Å². The van der Waals surface area contributed by atoms with E-state index in [2.05, 4.69) is 21.0 Å². The fourth-order valence-corrected chi connectivity index (χ4v) is 3.65. The van der Waals surface area contributed by atoms with E-state index in [0.717, 1.165) is 36.9 Å². The van der Waals surface area contributed by atoms with E-state index in [1.165, 1.54) is 30.8 Å². The molecule has 3 N–H and O–H groups in total. The van der Waals surface area contributed by atoms with Gasteiger partial charge in [-0.15, -0.1) is 0 Å². The number of halogens is 1. The average Bonchev–Trinajstić information content (AvgIpc) is 3.50. The Morgan fingerprint density at radius 1 is 1.33 bits per heavy atom. The maximum atomic E-state index is 7.62. The molecule has 7 nitrogen and oxygen atoms in total. The van der Waals surface area contributed by atoms with Crippen molar-refractivity contribution in [3.05, 3.63) is 23.3 Å². The number of morpholine rings is 1. The van der Waals surface area contributed by atoms with Crippen molar-refractivity contribution in [1.82, 2.24) is 9.97 Å². The Balaban J connectivity index is 1.85. The summed E-state index contributed by atoms with van der Waals surface area (Å²) in [5, 5.41) is 8.18. The summed E-state index contributed by atoms with van der Waals surface area (Å²) >= 11 is 6.46. The highest BCUT2D eigenvalue weighted by Crippen LogP contribution is 2.40. The summed E-state index contributed by atoms with van der Waals surface area (Å²) in [5.41, 5.74) is 8.84. The van der Waals surface area contributed by atoms with Crippen LogP contribution in [0.15, 0.2) is 16.8 Å². The third-order valence-electron chi connectivity index (χ3n) is 4.99. The fourth-order valence-electron chi connectivity index (χ4n) is 3.40. The predicted molar refractivity (Wildman–Crippen MR) is 109 cm³/mol. The SMILES string of the molecule is N=CC(=CN)c1nc2c(c(N3CCOCC3)n1)N=C(Cl)CC(CC1CC1)=C2. The van der Waals surface area contributed by atoms with Crippen LogP contribution in [0, 0.1) is 11.3 Å². The second-order valence-electron chi connectivity index (χ2n) is 7.09. The van der Waals surface area contributed by atoms with Crippen molar-refractivity contribution in [2.45, 2.75) is 25.7 Å². The van der Waals surface area contributed by atoms with Crippen LogP contribution in [0.3, 0.4) is 0 Å². The van der Waals surface area contributed by atoms with Gasteiger partial charge >= 0.3 is 0 Å². The number of rotatable bonds is 5. The second-order valence-corrected chi connectivity index (χ2v) is 7.52. The fraction of sp³-hybridized carbons (Fsp3) is 0.474. The molecule has 3 aliphatic rings.